The van der Waals surface area contributed by atoms with Gasteiger partial charge in [0.2, 0.25) is 5.88 Å². The molecule has 0 saturated carbocycles. The molecule has 2 aromatic heterocycles. The van der Waals surface area contributed by atoms with Gasteiger partial charge in [0, 0.05) is 19.0 Å². The van der Waals surface area contributed by atoms with Gasteiger partial charge in [-0.2, -0.15) is 5.10 Å². The first-order valence-corrected chi connectivity index (χ1v) is 9.63. The number of rotatable bonds is 9. The molecular weight excluding hydrogens is 394 g/mol. The zero-order valence-corrected chi connectivity index (χ0v) is 17.0. The van der Waals surface area contributed by atoms with E-state index in [-0.39, 0.29) is 6.42 Å². The van der Waals surface area contributed by atoms with Crippen LogP contribution in [0.1, 0.15) is 31.0 Å². The Balaban J connectivity index is 2.01. The van der Waals surface area contributed by atoms with Crippen LogP contribution in [0.4, 0.5) is 0 Å². The van der Waals surface area contributed by atoms with E-state index in [4.69, 9.17) is 26.2 Å². The highest BCUT2D eigenvalue weighted by atomic mass is 35.5. The van der Waals surface area contributed by atoms with Gasteiger partial charge in [0.05, 0.1) is 30.3 Å². The van der Waals surface area contributed by atoms with Crippen molar-refractivity contribution in [3.8, 4) is 11.6 Å². The van der Waals surface area contributed by atoms with Crippen LogP contribution in [-0.2, 0) is 11.3 Å². The highest BCUT2D eigenvalue weighted by Gasteiger charge is 2.17. The molecular formula is C21H22ClN3O4. The lowest BCUT2D eigenvalue weighted by Crippen LogP contribution is -2.04. The maximum atomic E-state index is 10.9. The summed E-state index contributed by atoms with van der Waals surface area (Å²) < 4.78 is 12.6. The Kier molecular flexibility index (Phi) is 6.72. The zero-order chi connectivity index (χ0) is 20.8. The molecule has 0 bridgehead atoms. The number of methoxy groups -OCH3 is 1. The van der Waals surface area contributed by atoms with E-state index >= 15 is 0 Å². The molecule has 1 aromatic carbocycles. The summed E-state index contributed by atoms with van der Waals surface area (Å²) in [5.74, 6) is 0.359. The van der Waals surface area contributed by atoms with Gasteiger partial charge in [-0.15, -0.1) is 0 Å². The third-order valence-corrected chi connectivity index (χ3v) is 4.48. The fourth-order valence-electron chi connectivity index (χ4n) is 2.96. The number of halogens is 1. The van der Waals surface area contributed by atoms with Crippen molar-refractivity contribution in [3.63, 3.8) is 0 Å². The van der Waals surface area contributed by atoms with Crippen LogP contribution < -0.4 is 9.47 Å². The van der Waals surface area contributed by atoms with Crippen molar-refractivity contribution >= 4 is 40.6 Å². The predicted octanol–water partition coefficient (Wildman–Crippen LogP) is 4.53. The molecule has 2 heterocycles. The Morgan fingerprint density at radius 2 is 2.03 bits per heavy atom. The number of pyridine rings is 1. The summed E-state index contributed by atoms with van der Waals surface area (Å²) in [5.41, 5.74) is 2.42. The van der Waals surface area contributed by atoms with E-state index in [9.17, 15) is 4.79 Å². The van der Waals surface area contributed by atoms with Gasteiger partial charge < -0.3 is 14.6 Å². The molecule has 29 heavy (non-hydrogen) atoms. The summed E-state index contributed by atoms with van der Waals surface area (Å²) in [4.78, 5) is 15.2. The number of hydrogen-bond acceptors (Lipinski definition) is 5. The summed E-state index contributed by atoms with van der Waals surface area (Å²) in [7, 11) is 1.63. The number of nitrogens with zero attached hydrogens (tertiary/aromatic N) is 3. The predicted molar refractivity (Wildman–Crippen MR) is 112 cm³/mol. The van der Waals surface area contributed by atoms with Gasteiger partial charge >= 0.3 is 5.97 Å². The van der Waals surface area contributed by atoms with Crippen LogP contribution in [0.2, 0.25) is 5.15 Å². The molecule has 0 aliphatic carbocycles. The van der Waals surface area contributed by atoms with Crippen molar-refractivity contribution in [2.75, 3.05) is 13.7 Å². The Labute approximate surface area is 173 Å². The van der Waals surface area contributed by atoms with Crippen LogP contribution in [0.25, 0.3) is 23.1 Å². The Morgan fingerprint density at radius 3 is 2.69 bits per heavy atom. The van der Waals surface area contributed by atoms with Crippen LogP contribution >= 0.6 is 11.6 Å². The van der Waals surface area contributed by atoms with E-state index in [2.05, 4.69) is 10.1 Å². The smallest absolute Gasteiger partial charge is 0.303 e. The number of fused-ring (bicyclic) bond motifs is 1. The molecule has 3 rings (SSSR count). The number of ether oxygens (including phenoxy) is 2. The molecule has 0 saturated heterocycles. The second-order valence-corrected chi connectivity index (χ2v) is 6.68. The molecule has 0 aliphatic rings. The van der Waals surface area contributed by atoms with Gasteiger partial charge in [-0.3, -0.25) is 9.48 Å². The summed E-state index contributed by atoms with van der Waals surface area (Å²) >= 11 is 6.17. The lowest BCUT2D eigenvalue weighted by atomic mass is 10.1. The molecule has 3 aromatic rings. The van der Waals surface area contributed by atoms with E-state index in [0.717, 1.165) is 22.2 Å². The Bertz CT molecular complexity index is 1030. The molecule has 0 atom stereocenters. The summed E-state index contributed by atoms with van der Waals surface area (Å²) in [6, 6.07) is 9.38. The second-order valence-electron chi connectivity index (χ2n) is 6.29. The molecule has 0 fully saturated rings. The fourth-order valence-corrected chi connectivity index (χ4v) is 3.14. The normalized spacial score (nSPS) is 11.3. The van der Waals surface area contributed by atoms with Crippen LogP contribution in [0.3, 0.4) is 0 Å². The average Bonchev–Trinajstić information content (AvgIpc) is 3.04. The monoisotopic (exact) mass is 415 g/mol. The van der Waals surface area contributed by atoms with E-state index < -0.39 is 5.97 Å². The van der Waals surface area contributed by atoms with Crippen molar-refractivity contribution in [1.29, 1.82) is 0 Å². The first kappa shape index (κ1) is 20.7. The van der Waals surface area contributed by atoms with Gasteiger partial charge in [-0.05, 0) is 37.1 Å². The van der Waals surface area contributed by atoms with Crippen LogP contribution in [0.5, 0.6) is 11.6 Å². The van der Waals surface area contributed by atoms with Crippen molar-refractivity contribution in [3.05, 3.63) is 46.7 Å². The maximum absolute atomic E-state index is 10.9. The van der Waals surface area contributed by atoms with Crippen LogP contribution in [-0.4, -0.2) is 39.6 Å². The van der Waals surface area contributed by atoms with Crippen LogP contribution in [0, 0.1) is 0 Å². The van der Waals surface area contributed by atoms with Crippen molar-refractivity contribution < 1.29 is 19.4 Å². The quantitative estimate of drug-likeness (QED) is 0.517. The molecule has 152 valence electrons. The standard InChI is InChI=1S/C21H22ClN3O4/c1-3-29-21-20-16(11-8-14-6-9-15(28-2)10-7-14)24-25(12-4-5-19(26)27)17(20)13-18(22)23-21/h6-11,13H,3-5,12H2,1-2H3,(H,26,27)/b11-8+. The van der Waals surface area contributed by atoms with Crippen LogP contribution in [0.15, 0.2) is 30.3 Å². The molecule has 0 amide bonds. The van der Waals surface area contributed by atoms with Crippen molar-refractivity contribution in [2.24, 2.45) is 0 Å². The van der Waals surface area contributed by atoms with Gasteiger partial charge in [0.15, 0.2) is 0 Å². The van der Waals surface area contributed by atoms with Gasteiger partial charge in [0.25, 0.3) is 0 Å². The molecule has 0 radical (unpaired) electrons. The minimum absolute atomic E-state index is 0.0650. The third kappa shape index (κ3) is 5.06. The topological polar surface area (TPSA) is 86.5 Å². The minimum Gasteiger partial charge on any atom is -0.497 e. The van der Waals surface area contributed by atoms with Crippen molar-refractivity contribution in [2.45, 2.75) is 26.3 Å². The van der Waals surface area contributed by atoms with Crippen molar-refractivity contribution in [1.82, 2.24) is 14.8 Å². The van der Waals surface area contributed by atoms with Gasteiger partial charge in [0.1, 0.15) is 10.9 Å². The average molecular weight is 416 g/mol. The first-order valence-electron chi connectivity index (χ1n) is 9.25. The summed E-state index contributed by atoms with van der Waals surface area (Å²) in [6.45, 7) is 2.76. The fraction of sp³-hybridized carbons (Fsp3) is 0.286. The molecule has 1 N–H and O–H groups in total. The highest BCUT2D eigenvalue weighted by molar-refractivity contribution is 6.30. The zero-order valence-electron chi connectivity index (χ0n) is 16.3. The maximum Gasteiger partial charge on any atom is 0.303 e. The van der Waals surface area contributed by atoms with Gasteiger partial charge in [-0.1, -0.05) is 29.8 Å². The highest BCUT2D eigenvalue weighted by Crippen LogP contribution is 2.31. The largest absolute Gasteiger partial charge is 0.497 e. The molecule has 0 spiro atoms. The first-order chi connectivity index (χ1) is 14.0. The summed E-state index contributed by atoms with van der Waals surface area (Å²) in [5, 5.41) is 14.6. The summed E-state index contributed by atoms with van der Waals surface area (Å²) in [6.07, 6.45) is 4.34. The second kappa shape index (κ2) is 9.43. The minimum atomic E-state index is -0.837. The molecule has 0 unspecified atom stereocenters. The SMILES string of the molecule is CCOc1nc(Cl)cc2c1c(/C=C/c1ccc(OC)cc1)nn2CCCC(=O)O. The molecule has 7 nitrogen and oxygen atoms in total. The number of aromatic nitrogens is 3. The third-order valence-electron chi connectivity index (χ3n) is 4.29. The number of benzene rings is 1. The number of carboxylic acid groups (broad SMARTS) is 1. The van der Waals surface area contributed by atoms with E-state index in [1.165, 1.54) is 0 Å². The Hall–Kier alpha value is -3.06. The van der Waals surface area contributed by atoms with E-state index in [1.807, 2.05) is 43.3 Å². The molecule has 0 aliphatic heterocycles. The number of hydrogen-bond donors (Lipinski definition) is 1. The van der Waals surface area contributed by atoms with Gasteiger partial charge in [-0.25, -0.2) is 4.98 Å². The lowest BCUT2D eigenvalue weighted by molar-refractivity contribution is -0.137. The lowest BCUT2D eigenvalue weighted by Gasteiger charge is -2.06. The Morgan fingerprint density at radius 1 is 1.28 bits per heavy atom. The number of carbonyl (C=O) groups is 1. The number of aryl methyl sites for hydroxylation is 1. The van der Waals surface area contributed by atoms with E-state index in [0.29, 0.717) is 36.3 Å². The molecule has 8 heteroatoms. The van der Waals surface area contributed by atoms with E-state index in [1.54, 1.807) is 17.9 Å². The number of carboxylic acids is 1. The number of aliphatic carboxylic acids is 1.